The predicted octanol–water partition coefficient (Wildman–Crippen LogP) is 14.0. The van der Waals surface area contributed by atoms with E-state index in [1.165, 1.54) is 58.1 Å². The van der Waals surface area contributed by atoms with E-state index in [0.717, 1.165) is 33.4 Å². The van der Waals surface area contributed by atoms with Crippen LogP contribution in [0, 0.1) is 0 Å². The molecule has 0 bridgehead atoms. The molecule has 0 radical (unpaired) electrons. The Morgan fingerprint density at radius 1 is 0.291 bits per heavy atom. The standard InChI is InChI=1S/C51H31N3S/c1-3-19-36-32(14-1)16-12-26-37(36)33-17-11-18-35(30-33)49-52-50(54-51(53-49)45-28-13-27-43-42-24-9-10-29-47(42)55-48(43)45)44-25-8-7-23-41(44)46-31-34-15-2-4-20-38(34)39-21-5-6-22-40(39)46/h1-31H. The number of hydrogen-bond acceptors (Lipinski definition) is 4. The highest BCUT2D eigenvalue weighted by Crippen LogP contribution is 2.42. The summed E-state index contributed by atoms with van der Waals surface area (Å²) in [5.41, 5.74) is 7.43. The first-order valence-electron chi connectivity index (χ1n) is 18.5. The fourth-order valence-electron chi connectivity index (χ4n) is 8.16. The van der Waals surface area contributed by atoms with Gasteiger partial charge >= 0.3 is 0 Å². The second-order valence-corrected chi connectivity index (χ2v) is 15.0. The van der Waals surface area contributed by atoms with E-state index in [1.54, 1.807) is 11.3 Å². The summed E-state index contributed by atoms with van der Waals surface area (Å²) in [7, 11) is 0. The number of thiophene rings is 1. The first-order valence-corrected chi connectivity index (χ1v) is 19.3. The van der Waals surface area contributed by atoms with Crippen LogP contribution in [0.15, 0.2) is 188 Å². The van der Waals surface area contributed by atoms with Crippen LogP contribution in [0.5, 0.6) is 0 Å². The van der Waals surface area contributed by atoms with Crippen LogP contribution in [-0.4, -0.2) is 15.0 Å². The van der Waals surface area contributed by atoms with Gasteiger partial charge in [0.15, 0.2) is 17.5 Å². The number of benzene rings is 9. The van der Waals surface area contributed by atoms with Gasteiger partial charge in [-0.3, -0.25) is 0 Å². The van der Waals surface area contributed by atoms with E-state index in [2.05, 4.69) is 188 Å². The van der Waals surface area contributed by atoms with Gasteiger partial charge in [0.05, 0.1) is 0 Å². The summed E-state index contributed by atoms with van der Waals surface area (Å²) in [5, 5.41) is 9.75. The number of fused-ring (bicyclic) bond motifs is 7. The van der Waals surface area contributed by atoms with Crippen molar-refractivity contribution in [1.29, 1.82) is 0 Å². The fraction of sp³-hybridized carbons (Fsp3) is 0. The van der Waals surface area contributed by atoms with Crippen molar-refractivity contribution in [2.45, 2.75) is 0 Å². The molecular weight excluding hydrogens is 687 g/mol. The lowest BCUT2D eigenvalue weighted by molar-refractivity contribution is 1.08. The van der Waals surface area contributed by atoms with Gasteiger partial charge in [0.1, 0.15) is 0 Å². The zero-order valence-corrected chi connectivity index (χ0v) is 30.5. The van der Waals surface area contributed by atoms with Gasteiger partial charge in [-0.2, -0.15) is 0 Å². The molecule has 0 spiro atoms. The highest BCUT2D eigenvalue weighted by atomic mass is 32.1. The lowest BCUT2D eigenvalue weighted by atomic mass is 9.91. The molecule has 0 aliphatic carbocycles. The third-order valence-corrected chi connectivity index (χ3v) is 11.9. The van der Waals surface area contributed by atoms with Crippen molar-refractivity contribution in [2.24, 2.45) is 0 Å². The maximum absolute atomic E-state index is 5.35. The summed E-state index contributed by atoms with van der Waals surface area (Å²) in [6.07, 6.45) is 0. The van der Waals surface area contributed by atoms with Crippen molar-refractivity contribution in [2.75, 3.05) is 0 Å². The van der Waals surface area contributed by atoms with Gasteiger partial charge in [0.2, 0.25) is 0 Å². The van der Waals surface area contributed by atoms with Crippen LogP contribution < -0.4 is 0 Å². The predicted molar refractivity (Wildman–Crippen MR) is 232 cm³/mol. The van der Waals surface area contributed by atoms with Crippen molar-refractivity contribution < 1.29 is 0 Å². The summed E-state index contributed by atoms with van der Waals surface area (Å²) in [5.74, 6) is 1.94. The Kier molecular flexibility index (Phi) is 7.35. The van der Waals surface area contributed by atoms with E-state index in [9.17, 15) is 0 Å². The average Bonchev–Trinajstić information content (AvgIpc) is 3.65. The molecule has 2 heterocycles. The van der Waals surface area contributed by atoms with Gasteiger partial charge in [-0.25, -0.2) is 15.0 Å². The van der Waals surface area contributed by atoms with Crippen LogP contribution in [0.2, 0.25) is 0 Å². The van der Waals surface area contributed by atoms with Gasteiger partial charge in [-0.1, -0.05) is 164 Å². The minimum absolute atomic E-state index is 0.637. The molecule has 0 N–H and O–H groups in total. The molecule has 4 heteroatoms. The maximum Gasteiger partial charge on any atom is 0.165 e. The summed E-state index contributed by atoms with van der Waals surface area (Å²) < 4.78 is 2.42. The van der Waals surface area contributed by atoms with E-state index in [0.29, 0.717) is 17.5 Å². The lowest BCUT2D eigenvalue weighted by Crippen LogP contribution is -2.01. The van der Waals surface area contributed by atoms with Crippen molar-refractivity contribution in [3.05, 3.63) is 188 Å². The first kappa shape index (κ1) is 31.5. The third-order valence-electron chi connectivity index (χ3n) is 10.7. The van der Waals surface area contributed by atoms with Crippen LogP contribution in [0.25, 0.3) is 109 Å². The third kappa shape index (κ3) is 5.30. The minimum Gasteiger partial charge on any atom is -0.208 e. The first-order chi connectivity index (χ1) is 27.3. The molecule has 0 saturated carbocycles. The smallest absolute Gasteiger partial charge is 0.165 e. The summed E-state index contributed by atoms with van der Waals surface area (Å²) >= 11 is 1.79. The normalized spacial score (nSPS) is 11.6. The van der Waals surface area contributed by atoms with E-state index >= 15 is 0 Å². The lowest BCUT2D eigenvalue weighted by Gasteiger charge is -2.15. The van der Waals surface area contributed by atoms with Crippen LogP contribution in [0.1, 0.15) is 0 Å². The molecule has 0 saturated heterocycles. The van der Waals surface area contributed by atoms with E-state index in [-0.39, 0.29) is 0 Å². The molecular formula is C51H31N3S. The molecule has 3 nitrogen and oxygen atoms in total. The molecule has 11 aromatic rings. The Bertz CT molecular complexity index is 3280. The maximum atomic E-state index is 5.35. The molecule has 0 aliphatic heterocycles. The van der Waals surface area contributed by atoms with Crippen LogP contribution in [-0.2, 0) is 0 Å². The van der Waals surface area contributed by atoms with Crippen molar-refractivity contribution >= 4 is 63.8 Å². The van der Waals surface area contributed by atoms with Crippen molar-refractivity contribution in [3.8, 4) is 56.4 Å². The number of rotatable bonds is 5. The Labute approximate surface area is 321 Å². The molecule has 0 amide bonds. The summed E-state index contributed by atoms with van der Waals surface area (Å²) in [4.78, 5) is 16.0. The molecule has 0 aliphatic rings. The summed E-state index contributed by atoms with van der Waals surface area (Å²) in [6.45, 7) is 0. The number of aromatic nitrogens is 3. The van der Waals surface area contributed by atoms with Crippen molar-refractivity contribution in [3.63, 3.8) is 0 Å². The van der Waals surface area contributed by atoms with Crippen LogP contribution in [0.3, 0.4) is 0 Å². The van der Waals surface area contributed by atoms with Crippen molar-refractivity contribution in [1.82, 2.24) is 15.0 Å². The fourth-order valence-corrected chi connectivity index (χ4v) is 9.37. The van der Waals surface area contributed by atoms with Gasteiger partial charge < -0.3 is 0 Å². The topological polar surface area (TPSA) is 38.7 Å². The van der Waals surface area contributed by atoms with E-state index in [4.69, 9.17) is 15.0 Å². The van der Waals surface area contributed by atoms with Gasteiger partial charge in [0.25, 0.3) is 0 Å². The summed E-state index contributed by atoms with van der Waals surface area (Å²) in [6, 6.07) is 66.9. The van der Waals surface area contributed by atoms with Crippen LogP contribution in [0.4, 0.5) is 0 Å². The Morgan fingerprint density at radius 2 is 0.836 bits per heavy atom. The molecule has 11 rings (SSSR count). The average molecular weight is 718 g/mol. The quantitative estimate of drug-likeness (QED) is 0.166. The van der Waals surface area contributed by atoms with E-state index < -0.39 is 0 Å². The Balaban J connectivity index is 1.16. The zero-order valence-electron chi connectivity index (χ0n) is 29.6. The SMILES string of the molecule is c1cc(-c2nc(-c3ccccc3-c3cc4ccccc4c4ccccc34)nc(-c3cccc4c3sc3ccccc34)n2)cc(-c2cccc3ccccc23)c1. The molecule has 55 heavy (non-hydrogen) atoms. The molecule has 0 atom stereocenters. The highest BCUT2D eigenvalue weighted by Gasteiger charge is 2.20. The Hall–Kier alpha value is -7.01. The van der Waals surface area contributed by atoms with Gasteiger partial charge in [0, 0.05) is 36.9 Å². The Morgan fingerprint density at radius 3 is 1.71 bits per heavy atom. The highest BCUT2D eigenvalue weighted by molar-refractivity contribution is 7.26. The molecule has 256 valence electrons. The van der Waals surface area contributed by atoms with Gasteiger partial charge in [-0.05, 0) is 78.8 Å². The van der Waals surface area contributed by atoms with Crippen LogP contribution >= 0.6 is 11.3 Å². The molecule has 0 unspecified atom stereocenters. The second kappa shape index (κ2) is 12.8. The number of nitrogens with zero attached hydrogens (tertiary/aromatic N) is 3. The monoisotopic (exact) mass is 717 g/mol. The molecule has 0 fully saturated rings. The van der Waals surface area contributed by atoms with E-state index in [1.807, 2.05) is 0 Å². The molecule has 2 aromatic heterocycles. The zero-order chi connectivity index (χ0) is 36.3. The largest absolute Gasteiger partial charge is 0.208 e. The minimum atomic E-state index is 0.637. The van der Waals surface area contributed by atoms with Gasteiger partial charge in [-0.15, -0.1) is 11.3 Å². The number of hydrogen-bond donors (Lipinski definition) is 0. The molecule has 9 aromatic carbocycles. The second-order valence-electron chi connectivity index (χ2n) is 13.9.